The van der Waals surface area contributed by atoms with Crippen molar-refractivity contribution in [1.29, 1.82) is 0 Å². The van der Waals surface area contributed by atoms with Gasteiger partial charge in [0.2, 0.25) is 0 Å². The number of rotatable bonds is 3. The van der Waals surface area contributed by atoms with Gasteiger partial charge < -0.3 is 5.11 Å². The molecule has 1 heterocycles. The lowest BCUT2D eigenvalue weighted by Crippen LogP contribution is -2.26. The van der Waals surface area contributed by atoms with Crippen LogP contribution >= 0.6 is 0 Å². The Kier molecular flexibility index (Phi) is 3.38. The highest BCUT2D eigenvalue weighted by atomic mass is 16.3. The molecule has 17 heavy (non-hydrogen) atoms. The largest absolute Gasteiger partial charge is 0.508 e. The van der Waals surface area contributed by atoms with Crippen LogP contribution in [-0.4, -0.2) is 16.6 Å². The maximum atomic E-state index is 11.8. The fourth-order valence-corrected chi connectivity index (χ4v) is 2.00. The molecule has 1 N–H and O–H groups in total. The Bertz CT molecular complexity index is 472. The van der Waals surface area contributed by atoms with E-state index in [4.69, 9.17) is 0 Å². The monoisotopic (exact) mass is 229 g/mol. The highest BCUT2D eigenvalue weighted by molar-refractivity contribution is 6.11. The molecule has 2 rings (SSSR count). The average Bonchev–Trinajstić information content (AvgIpc) is 2.34. The maximum Gasteiger partial charge on any atom is 0.166 e. The number of phenolic OH excluding ortho intramolecular Hbond substituents is 1. The molecule has 1 aliphatic heterocycles. The first kappa shape index (κ1) is 11.6. The van der Waals surface area contributed by atoms with Crippen LogP contribution in [0.2, 0.25) is 0 Å². The van der Waals surface area contributed by atoms with Crippen LogP contribution < -0.4 is 0 Å². The molecule has 1 unspecified atom stereocenters. The number of ketones is 1. The molecule has 0 radical (unpaired) electrons. The molecule has 0 saturated carbocycles. The second kappa shape index (κ2) is 4.95. The van der Waals surface area contributed by atoms with E-state index in [1.165, 1.54) is 6.08 Å². The third-order valence-electron chi connectivity index (χ3n) is 2.96. The summed E-state index contributed by atoms with van der Waals surface area (Å²) in [6, 6.07) is 6.96. The number of carbonyl (C=O) groups excluding carboxylic acids is 1. The lowest BCUT2D eigenvalue weighted by atomic mass is 9.88. The van der Waals surface area contributed by atoms with Gasteiger partial charge in [-0.25, -0.2) is 0 Å². The summed E-state index contributed by atoms with van der Waals surface area (Å²) < 4.78 is 0. The number of benzene rings is 1. The van der Waals surface area contributed by atoms with Crippen molar-refractivity contribution in [1.82, 2.24) is 0 Å². The average molecular weight is 229 g/mol. The zero-order valence-corrected chi connectivity index (χ0v) is 9.76. The lowest BCUT2D eigenvalue weighted by molar-refractivity contribution is -0.116. The molecule has 0 spiro atoms. The number of aromatic hydroxyl groups is 1. The minimum atomic E-state index is -0.144. The third-order valence-corrected chi connectivity index (χ3v) is 2.96. The molecule has 3 nitrogen and oxygen atoms in total. The quantitative estimate of drug-likeness (QED) is 0.865. The van der Waals surface area contributed by atoms with Gasteiger partial charge in [0.15, 0.2) is 5.78 Å². The molecule has 1 aromatic carbocycles. The Morgan fingerprint density at radius 3 is 2.65 bits per heavy atom. The van der Waals surface area contributed by atoms with Crippen LogP contribution in [0.3, 0.4) is 0 Å². The summed E-state index contributed by atoms with van der Waals surface area (Å²) in [6.07, 6.45) is 4.55. The number of hydrogen-bond acceptors (Lipinski definition) is 3. The Labute approximate surface area is 101 Å². The van der Waals surface area contributed by atoms with Gasteiger partial charge in [-0.15, -0.1) is 0 Å². The summed E-state index contributed by atoms with van der Waals surface area (Å²) in [5.74, 6) is 0.215. The van der Waals surface area contributed by atoms with Crippen molar-refractivity contribution in [2.75, 3.05) is 0 Å². The van der Waals surface area contributed by atoms with E-state index in [1.807, 2.05) is 19.1 Å². The summed E-state index contributed by atoms with van der Waals surface area (Å²) in [5.41, 5.74) is 1.98. The van der Waals surface area contributed by atoms with Gasteiger partial charge in [-0.1, -0.05) is 19.1 Å². The van der Waals surface area contributed by atoms with Crippen molar-refractivity contribution in [3.05, 3.63) is 42.1 Å². The van der Waals surface area contributed by atoms with Crippen LogP contribution in [0.25, 0.3) is 0 Å². The SMILES string of the molecule is CCC1=NC=CC(=O)C1Cc1ccc(O)cc1. The van der Waals surface area contributed by atoms with Crippen molar-refractivity contribution < 1.29 is 9.90 Å². The molecule has 1 aromatic rings. The van der Waals surface area contributed by atoms with E-state index in [2.05, 4.69) is 4.99 Å². The minimum Gasteiger partial charge on any atom is -0.508 e. The first-order chi connectivity index (χ1) is 8.20. The van der Waals surface area contributed by atoms with Gasteiger partial charge in [-0.05, 0) is 30.5 Å². The predicted octanol–water partition coefficient (Wildman–Crippen LogP) is 2.50. The van der Waals surface area contributed by atoms with Gasteiger partial charge >= 0.3 is 0 Å². The van der Waals surface area contributed by atoms with E-state index in [0.29, 0.717) is 6.42 Å². The Morgan fingerprint density at radius 2 is 2.00 bits per heavy atom. The van der Waals surface area contributed by atoms with Gasteiger partial charge in [-0.3, -0.25) is 9.79 Å². The lowest BCUT2D eigenvalue weighted by Gasteiger charge is -2.18. The highest BCUT2D eigenvalue weighted by Gasteiger charge is 2.23. The number of aliphatic imine (C=N–C) groups is 1. The third kappa shape index (κ3) is 2.61. The number of carbonyl (C=O) groups is 1. The molecule has 0 saturated heterocycles. The molecule has 1 atom stereocenters. The predicted molar refractivity (Wildman–Crippen MR) is 67.2 cm³/mol. The van der Waals surface area contributed by atoms with Crippen LogP contribution in [0.5, 0.6) is 5.75 Å². The van der Waals surface area contributed by atoms with Crippen molar-refractivity contribution in [2.24, 2.45) is 10.9 Å². The van der Waals surface area contributed by atoms with Gasteiger partial charge in [0.05, 0.1) is 5.92 Å². The van der Waals surface area contributed by atoms with Crippen molar-refractivity contribution in [2.45, 2.75) is 19.8 Å². The highest BCUT2D eigenvalue weighted by Crippen LogP contribution is 2.19. The maximum absolute atomic E-state index is 11.8. The van der Waals surface area contributed by atoms with Crippen molar-refractivity contribution >= 4 is 11.5 Å². The van der Waals surface area contributed by atoms with E-state index < -0.39 is 0 Å². The van der Waals surface area contributed by atoms with Crippen LogP contribution in [0, 0.1) is 5.92 Å². The molecule has 88 valence electrons. The second-order valence-electron chi connectivity index (χ2n) is 4.12. The van der Waals surface area contributed by atoms with Crippen LogP contribution in [0.4, 0.5) is 0 Å². The van der Waals surface area contributed by atoms with Crippen LogP contribution in [0.15, 0.2) is 41.5 Å². The smallest absolute Gasteiger partial charge is 0.166 e. The number of nitrogens with zero attached hydrogens (tertiary/aromatic N) is 1. The molecule has 0 aromatic heterocycles. The fraction of sp³-hybridized carbons (Fsp3) is 0.286. The topological polar surface area (TPSA) is 49.7 Å². The summed E-state index contributed by atoms with van der Waals surface area (Å²) in [6.45, 7) is 2.01. The Hall–Kier alpha value is -1.90. The van der Waals surface area contributed by atoms with Crippen molar-refractivity contribution in [3.63, 3.8) is 0 Å². The molecule has 0 bridgehead atoms. The van der Waals surface area contributed by atoms with E-state index in [9.17, 15) is 9.90 Å². The summed E-state index contributed by atoms with van der Waals surface area (Å²) >= 11 is 0. The molecule has 0 fully saturated rings. The standard InChI is InChI=1S/C14H15NO2/c1-2-13-12(14(17)7-8-15-13)9-10-3-5-11(16)6-4-10/h3-8,12,16H,2,9H2,1H3. The fourth-order valence-electron chi connectivity index (χ4n) is 2.00. The van der Waals surface area contributed by atoms with Gasteiger partial charge in [0, 0.05) is 18.0 Å². The normalized spacial score (nSPS) is 19.2. The molecule has 0 aliphatic carbocycles. The van der Waals surface area contributed by atoms with E-state index in [0.717, 1.165) is 17.7 Å². The molecule has 3 heteroatoms. The van der Waals surface area contributed by atoms with E-state index in [-0.39, 0.29) is 17.5 Å². The zero-order chi connectivity index (χ0) is 12.3. The van der Waals surface area contributed by atoms with E-state index >= 15 is 0 Å². The van der Waals surface area contributed by atoms with Crippen molar-refractivity contribution in [3.8, 4) is 5.75 Å². The summed E-state index contributed by atoms with van der Waals surface area (Å²) in [5, 5.41) is 9.21. The van der Waals surface area contributed by atoms with Gasteiger partial charge in [-0.2, -0.15) is 0 Å². The molecule has 1 aliphatic rings. The van der Waals surface area contributed by atoms with Gasteiger partial charge in [0.1, 0.15) is 5.75 Å². The zero-order valence-electron chi connectivity index (χ0n) is 9.76. The molecular weight excluding hydrogens is 214 g/mol. The Morgan fingerprint density at radius 1 is 1.29 bits per heavy atom. The van der Waals surface area contributed by atoms with Crippen LogP contribution in [0.1, 0.15) is 18.9 Å². The summed E-state index contributed by atoms with van der Waals surface area (Å²) in [7, 11) is 0. The first-order valence-electron chi connectivity index (χ1n) is 5.75. The minimum absolute atomic E-state index is 0.116. The second-order valence-corrected chi connectivity index (χ2v) is 4.12. The summed E-state index contributed by atoms with van der Waals surface area (Å²) in [4.78, 5) is 16.1. The Balaban J connectivity index is 2.17. The first-order valence-corrected chi connectivity index (χ1v) is 5.75. The molecular formula is C14H15NO2. The number of phenols is 1. The van der Waals surface area contributed by atoms with E-state index in [1.54, 1.807) is 18.3 Å². The number of allylic oxidation sites excluding steroid dienone is 1. The van der Waals surface area contributed by atoms with Gasteiger partial charge in [0.25, 0.3) is 0 Å². The van der Waals surface area contributed by atoms with Crippen LogP contribution in [-0.2, 0) is 11.2 Å². The molecule has 0 amide bonds. The number of hydrogen-bond donors (Lipinski definition) is 1.